The summed E-state index contributed by atoms with van der Waals surface area (Å²) in [7, 11) is 7.80. The van der Waals surface area contributed by atoms with E-state index in [4.69, 9.17) is 20.4 Å². The highest BCUT2D eigenvalue weighted by molar-refractivity contribution is 6.12. The molecule has 1 aliphatic rings. The topological polar surface area (TPSA) is 96.8 Å². The van der Waals surface area contributed by atoms with E-state index in [1.165, 1.54) is 16.5 Å². The standard InChI is InChI=1S/C33H40N8O/c1-7-8-15-35-22(2)31-30(24-13-9-11-23-12-10-17-41(31)32(23)24)26-14-16-36-33(37-26)38-27-20-25(34)28(21-29(27)42-6)40(5)19-18-39(3)4/h7-9,11,13-16,20-21H,1,10,12,17-19,34H2,2-6H3,(H,36,37,38)/b15-8-,35-22+. The number of aromatic nitrogens is 3. The molecule has 0 aliphatic carbocycles. The number of hydrogen-bond donors (Lipinski definition) is 2. The molecule has 9 nitrogen and oxygen atoms in total. The SMILES string of the molecule is C=C/C=C\N=C(/C)c1c(-c2ccnc(Nc3cc(N)c(N(C)CCN(C)C)cc3OC)n2)c2cccc3c2n1CCC3. The van der Waals surface area contributed by atoms with Crippen molar-refractivity contribution in [1.29, 1.82) is 0 Å². The molecule has 1 aliphatic heterocycles. The fourth-order valence-corrected chi connectivity index (χ4v) is 5.58. The summed E-state index contributed by atoms with van der Waals surface area (Å²) in [5.41, 5.74) is 15.2. The summed E-state index contributed by atoms with van der Waals surface area (Å²) in [6.45, 7) is 8.50. The largest absolute Gasteiger partial charge is 0.494 e. The first kappa shape index (κ1) is 28.9. The molecular weight excluding hydrogens is 524 g/mol. The Hall–Kier alpha value is -4.63. The fraction of sp³-hybridized carbons (Fsp3) is 0.303. The highest BCUT2D eigenvalue weighted by Gasteiger charge is 2.25. The lowest BCUT2D eigenvalue weighted by Gasteiger charge is -2.24. The molecule has 0 bridgehead atoms. The Labute approximate surface area is 248 Å². The van der Waals surface area contributed by atoms with Crippen LogP contribution in [0.4, 0.5) is 23.0 Å². The van der Waals surface area contributed by atoms with Gasteiger partial charge in [-0.2, -0.15) is 0 Å². The minimum atomic E-state index is 0.456. The molecular formula is C33H40N8O. The number of methoxy groups -OCH3 is 1. The van der Waals surface area contributed by atoms with Gasteiger partial charge in [-0.3, -0.25) is 4.99 Å². The van der Waals surface area contributed by atoms with Crippen molar-refractivity contribution >= 4 is 39.6 Å². The quantitative estimate of drug-likeness (QED) is 0.133. The van der Waals surface area contributed by atoms with E-state index >= 15 is 0 Å². The lowest BCUT2D eigenvalue weighted by molar-refractivity contribution is 0.413. The van der Waals surface area contributed by atoms with Crippen LogP contribution < -0.4 is 20.7 Å². The van der Waals surface area contributed by atoms with Gasteiger partial charge in [0.15, 0.2) is 0 Å². The number of allylic oxidation sites excluding steroid dienone is 2. The van der Waals surface area contributed by atoms with Crippen molar-refractivity contribution in [2.75, 3.05) is 57.3 Å². The smallest absolute Gasteiger partial charge is 0.227 e. The molecule has 2 aromatic heterocycles. The van der Waals surface area contributed by atoms with Crippen LogP contribution in [0.2, 0.25) is 0 Å². The zero-order chi connectivity index (χ0) is 29.8. The van der Waals surface area contributed by atoms with Crippen molar-refractivity contribution < 1.29 is 4.74 Å². The molecule has 42 heavy (non-hydrogen) atoms. The number of nitrogens with one attached hydrogen (secondary N) is 1. The van der Waals surface area contributed by atoms with Crippen molar-refractivity contribution in [2.45, 2.75) is 26.3 Å². The van der Waals surface area contributed by atoms with Crippen LogP contribution in [0.1, 0.15) is 24.6 Å². The number of nitrogen functional groups attached to an aromatic ring is 1. The van der Waals surface area contributed by atoms with E-state index in [0.717, 1.165) is 60.8 Å². The molecule has 0 saturated carbocycles. The summed E-state index contributed by atoms with van der Waals surface area (Å²) in [6.07, 6.45) is 9.28. The molecule has 0 spiro atoms. The molecule has 5 rings (SSSR count). The van der Waals surface area contributed by atoms with E-state index in [2.05, 4.69) is 63.5 Å². The third kappa shape index (κ3) is 5.73. The summed E-state index contributed by atoms with van der Waals surface area (Å²) in [6, 6.07) is 12.3. The summed E-state index contributed by atoms with van der Waals surface area (Å²) >= 11 is 0. The maximum atomic E-state index is 6.51. The van der Waals surface area contributed by atoms with Gasteiger partial charge in [0.2, 0.25) is 5.95 Å². The second-order valence-electron chi connectivity index (χ2n) is 10.8. The predicted molar refractivity (Wildman–Crippen MR) is 175 cm³/mol. The maximum absolute atomic E-state index is 6.51. The molecule has 3 heterocycles. The van der Waals surface area contributed by atoms with E-state index in [-0.39, 0.29) is 0 Å². The number of ether oxygens (including phenoxy) is 1. The first-order valence-corrected chi connectivity index (χ1v) is 14.2. The third-order valence-electron chi connectivity index (χ3n) is 7.63. The first-order chi connectivity index (χ1) is 20.3. The number of nitrogens with zero attached hydrogens (tertiary/aromatic N) is 6. The van der Waals surface area contributed by atoms with E-state index in [0.29, 0.717) is 23.1 Å². The van der Waals surface area contributed by atoms with Gasteiger partial charge < -0.3 is 30.2 Å². The lowest BCUT2D eigenvalue weighted by atomic mass is 10.0. The van der Waals surface area contributed by atoms with Gasteiger partial charge in [0.25, 0.3) is 0 Å². The molecule has 3 N–H and O–H groups in total. The van der Waals surface area contributed by atoms with E-state index in [9.17, 15) is 0 Å². The van der Waals surface area contributed by atoms with Crippen LogP contribution in [0, 0.1) is 0 Å². The van der Waals surface area contributed by atoms with Crippen molar-refractivity contribution in [2.24, 2.45) is 4.99 Å². The van der Waals surface area contributed by atoms with Crippen LogP contribution in [0.3, 0.4) is 0 Å². The molecule has 9 heteroatoms. The van der Waals surface area contributed by atoms with E-state index < -0.39 is 0 Å². The Bertz CT molecular complexity index is 1670. The molecule has 0 amide bonds. The number of aliphatic imine (C=N–C) groups is 1. The Morgan fingerprint density at radius 2 is 2.05 bits per heavy atom. The van der Waals surface area contributed by atoms with Crippen LogP contribution in [0.5, 0.6) is 5.75 Å². The normalized spacial score (nSPS) is 13.2. The van der Waals surface area contributed by atoms with Gasteiger partial charge in [-0.05, 0) is 57.6 Å². The van der Waals surface area contributed by atoms with Crippen molar-refractivity contribution in [3.05, 3.63) is 78.8 Å². The van der Waals surface area contributed by atoms with Gasteiger partial charge >= 0.3 is 0 Å². The van der Waals surface area contributed by atoms with Crippen molar-refractivity contribution in [3.8, 4) is 17.0 Å². The van der Waals surface area contributed by atoms with Gasteiger partial charge in [0.05, 0.1) is 46.8 Å². The minimum Gasteiger partial charge on any atom is -0.494 e. The zero-order valence-corrected chi connectivity index (χ0v) is 25.2. The number of likely N-dealkylation sites (N-methyl/N-ethyl adjacent to an activating group) is 2. The average molecular weight is 565 g/mol. The van der Waals surface area contributed by atoms with Gasteiger partial charge in [0.1, 0.15) is 5.75 Å². The molecule has 2 aromatic carbocycles. The van der Waals surface area contributed by atoms with Crippen LogP contribution in [-0.2, 0) is 13.0 Å². The number of benzene rings is 2. The number of aryl methyl sites for hydroxylation is 2. The summed E-state index contributed by atoms with van der Waals surface area (Å²) in [5, 5.41) is 4.53. The van der Waals surface area contributed by atoms with Gasteiger partial charge in [-0.1, -0.05) is 30.9 Å². The monoisotopic (exact) mass is 564 g/mol. The average Bonchev–Trinajstić information content (AvgIpc) is 3.32. The second kappa shape index (κ2) is 12.5. The molecule has 0 atom stereocenters. The number of hydrogen-bond acceptors (Lipinski definition) is 8. The second-order valence-corrected chi connectivity index (χ2v) is 10.8. The first-order valence-electron chi connectivity index (χ1n) is 14.2. The fourth-order valence-electron chi connectivity index (χ4n) is 5.58. The van der Waals surface area contributed by atoms with Crippen molar-refractivity contribution in [1.82, 2.24) is 19.4 Å². The van der Waals surface area contributed by atoms with Crippen LogP contribution in [-0.4, -0.2) is 66.5 Å². The Kier molecular flexibility index (Phi) is 8.59. The number of nitrogens with two attached hydrogens (primary N) is 1. The van der Waals surface area contributed by atoms with Crippen molar-refractivity contribution in [3.63, 3.8) is 0 Å². The zero-order valence-electron chi connectivity index (χ0n) is 25.2. The van der Waals surface area contributed by atoms with Crippen LogP contribution >= 0.6 is 0 Å². The third-order valence-corrected chi connectivity index (χ3v) is 7.63. The molecule has 4 aromatic rings. The Balaban J connectivity index is 1.56. The molecule has 0 unspecified atom stereocenters. The van der Waals surface area contributed by atoms with E-state index in [1.807, 2.05) is 38.2 Å². The molecule has 0 radical (unpaired) electrons. The predicted octanol–water partition coefficient (Wildman–Crippen LogP) is 5.89. The number of rotatable bonds is 11. The van der Waals surface area contributed by atoms with Crippen LogP contribution in [0.15, 0.2) is 72.5 Å². The Morgan fingerprint density at radius 3 is 2.81 bits per heavy atom. The molecule has 218 valence electrons. The summed E-state index contributed by atoms with van der Waals surface area (Å²) in [5.74, 6) is 1.12. The van der Waals surface area contributed by atoms with E-state index in [1.54, 1.807) is 25.6 Å². The number of anilines is 4. The van der Waals surface area contributed by atoms with Crippen LogP contribution in [0.25, 0.3) is 22.2 Å². The molecule has 0 saturated heterocycles. The van der Waals surface area contributed by atoms with Gasteiger partial charge in [-0.15, -0.1) is 0 Å². The summed E-state index contributed by atoms with van der Waals surface area (Å²) in [4.78, 5) is 18.6. The van der Waals surface area contributed by atoms with Gasteiger partial charge in [-0.25, -0.2) is 9.97 Å². The highest BCUT2D eigenvalue weighted by Crippen LogP contribution is 2.40. The Morgan fingerprint density at radius 1 is 1.21 bits per heavy atom. The highest BCUT2D eigenvalue weighted by atomic mass is 16.5. The van der Waals surface area contributed by atoms with Gasteiger partial charge in [0, 0.05) is 56.1 Å². The lowest BCUT2D eigenvalue weighted by Crippen LogP contribution is -2.29. The number of para-hydroxylation sites is 1. The maximum Gasteiger partial charge on any atom is 0.227 e. The molecule has 0 fully saturated rings. The summed E-state index contributed by atoms with van der Waals surface area (Å²) < 4.78 is 8.15. The minimum absolute atomic E-state index is 0.456.